The van der Waals surface area contributed by atoms with Crippen LogP contribution in [0.15, 0.2) is 18.2 Å². The lowest BCUT2D eigenvalue weighted by Gasteiger charge is -2.28. The molecule has 104 valence electrons. The van der Waals surface area contributed by atoms with Gasteiger partial charge in [-0.15, -0.1) is 0 Å². The Morgan fingerprint density at radius 3 is 2.95 bits per heavy atom. The van der Waals surface area contributed by atoms with Crippen LogP contribution in [0.25, 0.3) is 0 Å². The number of carbonyl (C=O) groups is 1. The van der Waals surface area contributed by atoms with Crippen LogP contribution in [-0.2, 0) is 9.53 Å². The van der Waals surface area contributed by atoms with Crippen molar-refractivity contribution in [2.75, 3.05) is 24.7 Å². The van der Waals surface area contributed by atoms with E-state index in [0.717, 1.165) is 12.8 Å². The molecule has 0 spiro atoms. The predicted molar refractivity (Wildman–Crippen MR) is 73.0 cm³/mol. The number of ether oxygens (including phenoxy) is 1. The van der Waals surface area contributed by atoms with Gasteiger partial charge in [0.15, 0.2) is 0 Å². The Kier molecular flexibility index (Phi) is 4.77. The molecule has 2 rings (SSSR count). The summed E-state index contributed by atoms with van der Waals surface area (Å²) in [6.45, 7) is 3.37. The van der Waals surface area contributed by atoms with Crippen molar-refractivity contribution in [1.29, 1.82) is 0 Å². The van der Waals surface area contributed by atoms with Gasteiger partial charge in [-0.2, -0.15) is 0 Å². The van der Waals surface area contributed by atoms with Gasteiger partial charge in [-0.05, 0) is 38.0 Å². The van der Waals surface area contributed by atoms with E-state index in [2.05, 4.69) is 0 Å². The highest BCUT2D eigenvalue weighted by atomic mass is 35.5. The SMILES string of the molecule is CCN(C(=O)[C@H]1CCCOC1)c1ccc(Cl)cc1F. The molecule has 3 nitrogen and oxygen atoms in total. The van der Waals surface area contributed by atoms with E-state index in [1.807, 2.05) is 6.92 Å². The zero-order chi connectivity index (χ0) is 13.8. The smallest absolute Gasteiger partial charge is 0.232 e. The zero-order valence-electron chi connectivity index (χ0n) is 10.9. The number of benzene rings is 1. The number of anilines is 1. The summed E-state index contributed by atoms with van der Waals surface area (Å²) in [5.74, 6) is -0.730. The second-order valence-electron chi connectivity index (χ2n) is 4.59. The first-order chi connectivity index (χ1) is 9.13. The monoisotopic (exact) mass is 285 g/mol. The van der Waals surface area contributed by atoms with Gasteiger partial charge >= 0.3 is 0 Å². The standard InChI is InChI=1S/C14H17ClFNO2/c1-2-17(13-6-5-11(15)8-12(13)16)14(18)10-4-3-7-19-9-10/h5-6,8,10H,2-4,7,9H2,1H3/t10-/m0/s1. The molecule has 0 radical (unpaired) electrons. The van der Waals surface area contributed by atoms with Crippen LogP contribution < -0.4 is 4.90 Å². The number of hydrogen-bond donors (Lipinski definition) is 0. The predicted octanol–water partition coefficient (Wildman–Crippen LogP) is 3.26. The minimum absolute atomic E-state index is 0.0802. The Labute approximate surface area is 117 Å². The molecule has 1 aromatic carbocycles. The number of carbonyl (C=O) groups excluding carboxylic acids is 1. The van der Waals surface area contributed by atoms with E-state index in [1.165, 1.54) is 11.0 Å². The Morgan fingerprint density at radius 2 is 2.37 bits per heavy atom. The third-order valence-corrected chi connectivity index (χ3v) is 3.53. The molecule has 1 atom stereocenters. The number of hydrogen-bond acceptors (Lipinski definition) is 2. The summed E-state index contributed by atoms with van der Waals surface area (Å²) >= 11 is 5.73. The highest BCUT2D eigenvalue weighted by Crippen LogP contribution is 2.26. The van der Waals surface area contributed by atoms with Gasteiger partial charge in [-0.25, -0.2) is 4.39 Å². The highest BCUT2D eigenvalue weighted by molar-refractivity contribution is 6.30. The van der Waals surface area contributed by atoms with Crippen molar-refractivity contribution in [3.05, 3.63) is 29.0 Å². The van der Waals surface area contributed by atoms with Crippen LogP contribution in [0.1, 0.15) is 19.8 Å². The van der Waals surface area contributed by atoms with Crippen molar-refractivity contribution in [2.24, 2.45) is 5.92 Å². The maximum absolute atomic E-state index is 13.9. The van der Waals surface area contributed by atoms with Gasteiger partial charge in [0.1, 0.15) is 5.82 Å². The number of halogens is 2. The Hall–Kier alpha value is -1.13. The van der Waals surface area contributed by atoms with Crippen molar-refractivity contribution >= 4 is 23.2 Å². The van der Waals surface area contributed by atoms with E-state index in [1.54, 1.807) is 12.1 Å². The fourth-order valence-electron chi connectivity index (χ4n) is 2.30. The van der Waals surface area contributed by atoms with E-state index in [0.29, 0.717) is 24.8 Å². The van der Waals surface area contributed by atoms with E-state index in [4.69, 9.17) is 16.3 Å². The quantitative estimate of drug-likeness (QED) is 0.853. The first kappa shape index (κ1) is 14.3. The Morgan fingerprint density at radius 1 is 1.58 bits per heavy atom. The summed E-state index contributed by atoms with van der Waals surface area (Å²) < 4.78 is 19.2. The molecular weight excluding hydrogens is 269 g/mol. The molecule has 1 saturated heterocycles. The van der Waals surface area contributed by atoms with E-state index in [9.17, 15) is 9.18 Å². The van der Waals surface area contributed by atoms with E-state index < -0.39 is 5.82 Å². The molecule has 1 heterocycles. The molecule has 0 saturated carbocycles. The molecule has 0 aliphatic carbocycles. The minimum Gasteiger partial charge on any atom is -0.381 e. The largest absolute Gasteiger partial charge is 0.381 e. The number of rotatable bonds is 3. The Bertz CT molecular complexity index is 461. The van der Waals surface area contributed by atoms with Crippen LogP contribution in [0.2, 0.25) is 5.02 Å². The van der Waals surface area contributed by atoms with Gasteiger partial charge in [0, 0.05) is 18.2 Å². The molecule has 0 unspecified atom stereocenters. The number of amides is 1. The molecule has 0 bridgehead atoms. The normalized spacial score (nSPS) is 19.2. The average molecular weight is 286 g/mol. The van der Waals surface area contributed by atoms with Crippen LogP contribution >= 0.6 is 11.6 Å². The first-order valence-electron chi connectivity index (χ1n) is 6.47. The second kappa shape index (κ2) is 6.35. The lowest BCUT2D eigenvalue weighted by molar-refractivity contribution is -0.126. The summed E-state index contributed by atoms with van der Waals surface area (Å²) in [7, 11) is 0. The van der Waals surface area contributed by atoms with Gasteiger partial charge in [-0.1, -0.05) is 11.6 Å². The summed E-state index contributed by atoms with van der Waals surface area (Å²) in [6, 6.07) is 4.36. The van der Waals surface area contributed by atoms with Gasteiger partial charge in [0.25, 0.3) is 0 Å². The second-order valence-corrected chi connectivity index (χ2v) is 5.03. The number of nitrogens with zero attached hydrogens (tertiary/aromatic N) is 1. The minimum atomic E-state index is -0.473. The lowest BCUT2D eigenvalue weighted by Crippen LogP contribution is -2.40. The van der Waals surface area contributed by atoms with Crippen LogP contribution in [-0.4, -0.2) is 25.7 Å². The fraction of sp³-hybridized carbons (Fsp3) is 0.500. The zero-order valence-corrected chi connectivity index (χ0v) is 11.6. The van der Waals surface area contributed by atoms with Crippen molar-refractivity contribution in [1.82, 2.24) is 0 Å². The average Bonchev–Trinajstić information content (AvgIpc) is 2.42. The topological polar surface area (TPSA) is 29.5 Å². The third-order valence-electron chi connectivity index (χ3n) is 3.29. The Balaban J connectivity index is 2.20. The van der Waals surface area contributed by atoms with Gasteiger partial charge in [-0.3, -0.25) is 4.79 Å². The van der Waals surface area contributed by atoms with E-state index in [-0.39, 0.29) is 17.5 Å². The molecule has 0 aromatic heterocycles. The van der Waals surface area contributed by atoms with Crippen molar-refractivity contribution < 1.29 is 13.9 Å². The molecule has 0 N–H and O–H groups in total. The van der Waals surface area contributed by atoms with Gasteiger partial charge < -0.3 is 9.64 Å². The molecule has 1 fully saturated rings. The fourth-order valence-corrected chi connectivity index (χ4v) is 2.46. The molecule has 19 heavy (non-hydrogen) atoms. The summed E-state index contributed by atoms with van der Waals surface area (Å²) in [5, 5.41) is 0.325. The lowest BCUT2D eigenvalue weighted by atomic mass is 10.0. The van der Waals surface area contributed by atoms with Gasteiger partial charge in [0.05, 0.1) is 18.2 Å². The first-order valence-corrected chi connectivity index (χ1v) is 6.85. The van der Waals surface area contributed by atoms with E-state index >= 15 is 0 Å². The van der Waals surface area contributed by atoms with Crippen LogP contribution in [0, 0.1) is 11.7 Å². The maximum atomic E-state index is 13.9. The molecule has 1 amide bonds. The third kappa shape index (κ3) is 3.25. The molecule has 1 aromatic rings. The summed E-state index contributed by atoms with van der Waals surface area (Å²) in [6.07, 6.45) is 1.67. The van der Waals surface area contributed by atoms with Crippen LogP contribution in [0.3, 0.4) is 0 Å². The molecule has 5 heteroatoms. The van der Waals surface area contributed by atoms with Gasteiger partial charge in [0.2, 0.25) is 5.91 Å². The van der Waals surface area contributed by atoms with Crippen molar-refractivity contribution in [2.45, 2.75) is 19.8 Å². The van der Waals surface area contributed by atoms with Crippen molar-refractivity contribution in [3.8, 4) is 0 Å². The maximum Gasteiger partial charge on any atom is 0.232 e. The van der Waals surface area contributed by atoms with Crippen LogP contribution in [0.4, 0.5) is 10.1 Å². The molecule has 1 aliphatic heterocycles. The molecule has 1 aliphatic rings. The van der Waals surface area contributed by atoms with Crippen LogP contribution in [0.5, 0.6) is 0 Å². The summed E-state index contributed by atoms with van der Waals surface area (Å²) in [4.78, 5) is 13.9. The molecular formula is C14H17ClFNO2. The van der Waals surface area contributed by atoms with Crippen molar-refractivity contribution in [3.63, 3.8) is 0 Å². The summed E-state index contributed by atoms with van der Waals surface area (Å²) in [5.41, 5.74) is 0.280. The highest BCUT2D eigenvalue weighted by Gasteiger charge is 2.27.